The predicted octanol–water partition coefficient (Wildman–Crippen LogP) is 3.31. The van der Waals surface area contributed by atoms with Gasteiger partial charge in [-0.05, 0) is 57.9 Å². The van der Waals surface area contributed by atoms with E-state index >= 15 is 0 Å². The van der Waals surface area contributed by atoms with Crippen molar-refractivity contribution in [1.29, 1.82) is 0 Å². The van der Waals surface area contributed by atoms with Crippen LogP contribution in [0, 0.1) is 19.8 Å². The first kappa shape index (κ1) is 21.4. The highest BCUT2D eigenvalue weighted by atomic mass is 16.5. The van der Waals surface area contributed by atoms with Gasteiger partial charge in [0.1, 0.15) is 11.9 Å². The van der Waals surface area contributed by atoms with Gasteiger partial charge in [-0.1, -0.05) is 0 Å². The van der Waals surface area contributed by atoms with Gasteiger partial charge in [0, 0.05) is 55.7 Å². The van der Waals surface area contributed by atoms with Crippen molar-refractivity contribution in [1.82, 2.24) is 20.0 Å². The lowest BCUT2D eigenvalue weighted by atomic mass is 10.1. The van der Waals surface area contributed by atoms with Crippen molar-refractivity contribution in [3.05, 3.63) is 46.8 Å². The van der Waals surface area contributed by atoms with Gasteiger partial charge in [-0.25, -0.2) is 0 Å². The number of ether oxygens (including phenoxy) is 1. The number of hydrogen-bond acceptors (Lipinski definition) is 4. The number of rotatable bonds is 6. The van der Waals surface area contributed by atoms with E-state index in [1.807, 2.05) is 49.5 Å². The van der Waals surface area contributed by atoms with Crippen molar-refractivity contribution in [3.8, 4) is 5.75 Å². The van der Waals surface area contributed by atoms with Crippen LogP contribution in [0.15, 0.2) is 24.3 Å². The number of piperidine rings is 1. The lowest BCUT2D eigenvalue weighted by Gasteiger charge is -2.32. The maximum absolute atomic E-state index is 12.7. The zero-order chi connectivity index (χ0) is 22.1. The Morgan fingerprint density at radius 2 is 1.74 bits per heavy atom. The molecular weight excluding hydrogens is 392 g/mol. The first-order valence-electron chi connectivity index (χ1n) is 11.2. The monoisotopic (exact) mass is 424 g/mol. The van der Waals surface area contributed by atoms with E-state index in [4.69, 9.17) is 4.74 Å². The molecule has 7 heteroatoms. The summed E-state index contributed by atoms with van der Waals surface area (Å²) in [7, 11) is 1.91. The summed E-state index contributed by atoms with van der Waals surface area (Å²) >= 11 is 0. The topological polar surface area (TPSA) is 76.5 Å². The van der Waals surface area contributed by atoms with Crippen molar-refractivity contribution in [2.75, 3.05) is 13.1 Å². The fourth-order valence-corrected chi connectivity index (χ4v) is 4.43. The number of nitrogens with one attached hydrogen (secondary N) is 1. The highest BCUT2D eigenvalue weighted by Crippen LogP contribution is 2.32. The highest BCUT2D eigenvalue weighted by Gasteiger charge is 2.35. The minimum Gasteiger partial charge on any atom is -0.490 e. The molecule has 1 saturated carbocycles. The van der Waals surface area contributed by atoms with Crippen molar-refractivity contribution in [2.45, 2.75) is 58.6 Å². The molecule has 2 fully saturated rings. The molecule has 166 valence electrons. The Hall–Kier alpha value is -2.83. The molecule has 4 rings (SSSR count). The minimum atomic E-state index is -0.124. The molecule has 1 unspecified atom stereocenters. The van der Waals surface area contributed by atoms with Gasteiger partial charge >= 0.3 is 0 Å². The van der Waals surface area contributed by atoms with Crippen LogP contribution in [0.3, 0.4) is 0 Å². The van der Waals surface area contributed by atoms with Gasteiger partial charge in [-0.15, -0.1) is 0 Å². The molecule has 0 bridgehead atoms. The third-order valence-corrected chi connectivity index (χ3v) is 6.45. The van der Waals surface area contributed by atoms with E-state index in [9.17, 15) is 9.59 Å². The molecule has 7 nitrogen and oxygen atoms in total. The smallest absolute Gasteiger partial charge is 0.251 e. The van der Waals surface area contributed by atoms with Gasteiger partial charge in [-0.2, -0.15) is 5.10 Å². The van der Waals surface area contributed by atoms with Crippen molar-refractivity contribution >= 4 is 11.8 Å². The minimum absolute atomic E-state index is 0.111. The zero-order valence-corrected chi connectivity index (χ0v) is 18.9. The lowest BCUT2D eigenvalue weighted by molar-refractivity contribution is -0.134. The van der Waals surface area contributed by atoms with E-state index in [1.54, 1.807) is 12.1 Å². The Kier molecular flexibility index (Phi) is 6.03. The summed E-state index contributed by atoms with van der Waals surface area (Å²) < 4.78 is 7.94. The second-order valence-electron chi connectivity index (χ2n) is 8.84. The van der Waals surface area contributed by atoms with Crippen LogP contribution in [0.25, 0.3) is 0 Å². The number of aryl methyl sites for hydroxylation is 2. The normalized spacial score (nSPS) is 18.0. The summed E-state index contributed by atoms with van der Waals surface area (Å²) in [6.45, 7) is 7.49. The maximum atomic E-state index is 12.7. The average molecular weight is 425 g/mol. The van der Waals surface area contributed by atoms with Gasteiger partial charge in [0.25, 0.3) is 5.91 Å². The number of carbonyl (C=O) groups excluding carboxylic acids is 2. The number of nitrogens with zero attached hydrogens (tertiary/aromatic N) is 3. The third-order valence-electron chi connectivity index (χ3n) is 6.45. The molecule has 0 radical (unpaired) electrons. The Balaban J connectivity index is 1.29. The number of hydrogen-bond donors (Lipinski definition) is 1. The van der Waals surface area contributed by atoms with Gasteiger partial charge in [0.2, 0.25) is 5.91 Å². The Morgan fingerprint density at radius 1 is 1.10 bits per heavy atom. The van der Waals surface area contributed by atoms with Gasteiger partial charge in [0.05, 0.1) is 11.7 Å². The molecule has 0 spiro atoms. The summed E-state index contributed by atoms with van der Waals surface area (Å²) in [4.78, 5) is 26.9. The van der Waals surface area contributed by atoms with Crippen LogP contribution in [0.2, 0.25) is 0 Å². The molecule has 2 aromatic rings. The molecule has 1 aliphatic heterocycles. The van der Waals surface area contributed by atoms with Gasteiger partial charge in [0.15, 0.2) is 0 Å². The van der Waals surface area contributed by atoms with Crippen molar-refractivity contribution in [2.24, 2.45) is 13.0 Å². The number of carbonyl (C=O) groups is 2. The lowest BCUT2D eigenvalue weighted by Crippen LogP contribution is -2.42. The molecule has 2 aliphatic rings. The molecule has 1 aliphatic carbocycles. The predicted molar refractivity (Wildman–Crippen MR) is 118 cm³/mol. The third kappa shape index (κ3) is 4.75. The molecule has 31 heavy (non-hydrogen) atoms. The van der Waals surface area contributed by atoms with E-state index in [2.05, 4.69) is 10.4 Å². The molecular formula is C24H32N4O3. The van der Waals surface area contributed by atoms with Crippen LogP contribution in [0.5, 0.6) is 5.75 Å². The fourth-order valence-electron chi connectivity index (χ4n) is 4.43. The van der Waals surface area contributed by atoms with E-state index in [0.717, 1.165) is 61.5 Å². The molecule has 1 N–H and O–H groups in total. The Morgan fingerprint density at radius 3 is 2.29 bits per heavy atom. The van der Waals surface area contributed by atoms with Crippen LogP contribution >= 0.6 is 0 Å². The van der Waals surface area contributed by atoms with Crippen LogP contribution in [-0.2, 0) is 11.8 Å². The summed E-state index contributed by atoms with van der Waals surface area (Å²) in [6.07, 6.45) is 3.91. The van der Waals surface area contributed by atoms with Crippen LogP contribution in [0.1, 0.15) is 66.0 Å². The molecule has 1 aromatic heterocycles. The fraction of sp³-hybridized carbons (Fsp3) is 0.542. The molecule has 1 aromatic carbocycles. The zero-order valence-electron chi connectivity index (χ0n) is 18.9. The second-order valence-corrected chi connectivity index (χ2v) is 8.84. The van der Waals surface area contributed by atoms with Crippen molar-refractivity contribution < 1.29 is 14.3 Å². The average Bonchev–Trinajstić information content (AvgIpc) is 3.56. The summed E-state index contributed by atoms with van der Waals surface area (Å²) in [5, 5.41) is 7.50. The number of benzene rings is 1. The van der Waals surface area contributed by atoms with E-state index < -0.39 is 0 Å². The van der Waals surface area contributed by atoms with Gasteiger partial charge < -0.3 is 15.0 Å². The first-order valence-corrected chi connectivity index (χ1v) is 11.2. The SMILES string of the molecule is Cc1nn(C)c(C)c1C(C)NC(=O)c1ccc(OC2CCN(C(=O)C3CC3)CC2)cc1. The van der Waals surface area contributed by atoms with Crippen LogP contribution in [-0.4, -0.2) is 45.7 Å². The van der Waals surface area contributed by atoms with E-state index in [1.165, 1.54) is 0 Å². The van der Waals surface area contributed by atoms with E-state index in [0.29, 0.717) is 11.5 Å². The standard InChI is InChI=1S/C24H32N4O3/c1-15(22-16(2)26-27(4)17(22)3)25-23(29)18-7-9-20(10-8-18)31-21-11-13-28(14-12-21)24(30)19-5-6-19/h7-10,15,19,21H,5-6,11-14H2,1-4H3,(H,25,29). The Labute approximate surface area is 183 Å². The number of likely N-dealkylation sites (tertiary alicyclic amines) is 1. The molecule has 1 saturated heterocycles. The van der Waals surface area contributed by atoms with Crippen LogP contribution in [0.4, 0.5) is 0 Å². The molecule has 2 heterocycles. The highest BCUT2D eigenvalue weighted by molar-refractivity contribution is 5.94. The largest absolute Gasteiger partial charge is 0.490 e. The summed E-state index contributed by atoms with van der Waals surface area (Å²) in [5.41, 5.74) is 3.64. The number of amides is 2. The van der Waals surface area contributed by atoms with Crippen molar-refractivity contribution in [3.63, 3.8) is 0 Å². The first-order chi connectivity index (χ1) is 14.8. The molecule has 1 atom stereocenters. The quantitative estimate of drug-likeness (QED) is 0.772. The Bertz CT molecular complexity index is 954. The second kappa shape index (κ2) is 8.73. The van der Waals surface area contributed by atoms with Gasteiger partial charge in [-0.3, -0.25) is 14.3 Å². The summed E-state index contributed by atoms with van der Waals surface area (Å²) in [6, 6.07) is 7.17. The van der Waals surface area contributed by atoms with E-state index in [-0.39, 0.29) is 24.0 Å². The summed E-state index contributed by atoms with van der Waals surface area (Å²) in [5.74, 6) is 1.24. The maximum Gasteiger partial charge on any atom is 0.251 e. The molecule has 2 amide bonds. The van der Waals surface area contributed by atoms with Crippen LogP contribution < -0.4 is 10.1 Å². The number of aromatic nitrogens is 2.